The molecule has 0 atom stereocenters. The molecule has 2 aromatic carbocycles. The summed E-state index contributed by atoms with van der Waals surface area (Å²) in [6.07, 6.45) is -2.99. The Balaban J connectivity index is 2.18. The van der Waals surface area contributed by atoms with E-state index < -0.39 is 22.7 Å². The van der Waals surface area contributed by atoms with Gasteiger partial charge in [-0.25, -0.2) is 4.36 Å². The summed E-state index contributed by atoms with van der Waals surface area (Å²) in [5, 5.41) is 0. The van der Waals surface area contributed by atoms with Gasteiger partial charge in [-0.3, -0.25) is 9.59 Å². The summed E-state index contributed by atoms with van der Waals surface area (Å²) >= 11 is 0. The Kier molecular flexibility index (Phi) is 6.74. The van der Waals surface area contributed by atoms with Crippen molar-refractivity contribution in [2.24, 2.45) is 9.78 Å². The zero-order valence-electron chi connectivity index (χ0n) is 17.1. The number of Topliss-reactive ketones (excluding diaryl/α,β-unsaturated/α-hetero) is 1. The van der Waals surface area contributed by atoms with Crippen molar-refractivity contribution in [1.29, 1.82) is 0 Å². The van der Waals surface area contributed by atoms with Gasteiger partial charge in [-0.1, -0.05) is 50.2 Å². The zero-order valence-corrected chi connectivity index (χ0v) is 18.0. The molecule has 0 spiro atoms. The number of halogens is 3. The standard InChI is InChI=1S/C24H22F3NO2S/c1-23(2)15-20(19(21(29)16-23)13-14-22(30)24(25,26)27)28-31(17-9-5-3-6-10-17)18-11-7-4-8-12-18/h3-14H,15-16H2,1-2H3/b14-13+. The van der Waals surface area contributed by atoms with E-state index in [4.69, 9.17) is 4.36 Å². The van der Waals surface area contributed by atoms with Crippen LogP contribution in [0, 0.1) is 5.41 Å². The van der Waals surface area contributed by atoms with Crippen LogP contribution in [0.4, 0.5) is 13.2 Å². The minimum atomic E-state index is -4.98. The molecule has 1 aliphatic carbocycles. The van der Waals surface area contributed by atoms with E-state index in [1.807, 2.05) is 74.5 Å². The SMILES string of the molecule is CC1(C)CC(=O)C(/C=C/C(=O)C(F)(F)F)=C(N=S(c2ccccc2)c2ccccc2)C1. The van der Waals surface area contributed by atoms with E-state index in [9.17, 15) is 22.8 Å². The Bertz CT molecular complexity index is 1030. The van der Waals surface area contributed by atoms with Crippen LogP contribution in [0.1, 0.15) is 26.7 Å². The maximum atomic E-state index is 12.8. The summed E-state index contributed by atoms with van der Waals surface area (Å²) in [6.45, 7) is 3.84. The summed E-state index contributed by atoms with van der Waals surface area (Å²) in [5.41, 5.74) is 0.105. The van der Waals surface area contributed by atoms with Crippen LogP contribution in [0.15, 0.2) is 98.2 Å². The van der Waals surface area contributed by atoms with Crippen molar-refractivity contribution in [1.82, 2.24) is 0 Å². The molecule has 0 aliphatic heterocycles. The van der Waals surface area contributed by atoms with Crippen LogP contribution in [-0.4, -0.2) is 17.7 Å². The maximum Gasteiger partial charge on any atom is 0.454 e. The molecule has 1 aliphatic rings. The van der Waals surface area contributed by atoms with Crippen molar-refractivity contribution in [2.45, 2.75) is 42.7 Å². The highest BCUT2D eigenvalue weighted by molar-refractivity contribution is 7.87. The lowest BCUT2D eigenvalue weighted by Crippen LogP contribution is -2.25. The Labute approximate surface area is 181 Å². The Morgan fingerprint density at radius 1 is 0.968 bits per heavy atom. The van der Waals surface area contributed by atoms with Crippen LogP contribution in [0.5, 0.6) is 0 Å². The lowest BCUT2D eigenvalue weighted by Gasteiger charge is -2.30. The number of nitrogens with zero attached hydrogens (tertiary/aromatic N) is 1. The largest absolute Gasteiger partial charge is 0.454 e. The van der Waals surface area contributed by atoms with Gasteiger partial charge < -0.3 is 0 Å². The second-order valence-electron chi connectivity index (χ2n) is 8.00. The average Bonchev–Trinajstić information content (AvgIpc) is 2.71. The highest BCUT2D eigenvalue weighted by atomic mass is 32.2. The molecule has 0 radical (unpaired) electrons. The number of hydrogen-bond donors (Lipinski definition) is 0. The Morgan fingerprint density at radius 2 is 1.48 bits per heavy atom. The van der Waals surface area contributed by atoms with Gasteiger partial charge in [0.25, 0.3) is 5.78 Å². The molecule has 162 valence electrons. The van der Waals surface area contributed by atoms with Crippen molar-refractivity contribution in [2.75, 3.05) is 0 Å². The van der Waals surface area contributed by atoms with Crippen molar-refractivity contribution in [3.05, 3.63) is 84.1 Å². The topological polar surface area (TPSA) is 46.5 Å². The summed E-state index contributed by atoms with van der Waals surface area (Å²) in [6, 6.07) is 19.1. The fourth-order valence-electron chi connectivity index (χ4n) is 3.28. The highest BCUT2D eigenvalue weighted by Gasteiger charge is 2.37. The molecule has 0 fully saturated rings. The molecule has 0 aromatic heterocycles. The first-order valence-corrected chi connectivity index (χ1v) is 10.9. The molecule has 7 heteroatoms. The molecule has 0 bridgehead atoms. The van der Waals surface area contributed by atoms with Crippen molar-refractivity contribution < 1.29 is 22.8 Å². The summed E-state index contributed by atoms with van der Waals surface area (Å²) in [5.74, 6) is -2.31. The lowest BCUT2D eigenvalue weighted by molar-refractivity contribution is -0.165. The number of rotatable bonds is 5. The molecule has 0 heterocycles. The molecule has 0 unspecified atom stereocenters. The van der Waals surface area contributed by atoms with E-state index in [0.29, 0.717) is 18.2 Å². The van der Waals surface area contributed by atoms with Crippen LogP contribution in [0.25, 0.3) is 0 Å². The monoisotopic (exact) mass is 445 g/mol. The van der Waals surface area contributed by atoms with E-state index in [1.54, 1.807) is 0 Å². The third kappa shape index (κ3) is 5.88. The summed E-state index contributed by atoms with van der Waals surface area (Å²) in [7, 11) is -0.775. The van der Waals surface area contributed by atoms with Gasteiger partial charge in [0, 0.05) is 21.8 Å². The predicted molar refractivity (Wildman–Crippen MR) is 114 cm³/mol. The molecule has 2 aromatic rings. The van der Waals surface area contributed by atoms with E-state index in [0.717, 1.165) is 15.9 Å². The zero-order chi connectivity index (χ0) is 22.6. The second-order valence-corrected chi connectivity index (χ2v) is 9.69. The quantitative estimate of drug-likeness (QED) is 0.512. The molecule has 3 rings (SSSR count). The third-order valence-corrected chi connectivity index (χ3v) is 6.55. The Morgan fingerprint density at radius 3 is 1.97 bits per heavy atom. The van der Waals surface area contributed by atoms with Crippen molar-refractivity contribution in [3.63, 3.8) is 0 Å². The molecule has 3 nitrogen and oxygen atoms in total. The van der Waals surface area contributed by atoms with Crippen LogP contribution < -0.4 is 0 Å². The first kappa shape index (κ1) is 22.9. The summed E-state index contributed by atoms with van der Waals surface area (Å²) < 4.78 is 42.8. The van der Waals surface area contributed by atoms with E-state index in [1.165, 1.54) is 0 Å². The van der Waals surface area contributed by atoms with E-state index in [2.05, 4.69) is 0 Å². The van der Waals surface area contributed by atoms with Crippen molar-refractivity contribution in [3.8, 4) is 0 Å². The number of alkyl halides is 3. The van der Waals surface area contributed by atoms with E-state index >= 15 is 0 Å². The first-order chi connectivity index (χ1) is 14.6. The number of carbonyl (C=O) groups excluding carboxylic acids is 2. The number of carbonyl (C=O) groups is 2. The number of benzene rings is 2. The van der Waals surface area contributed by atoms with Crippen LogP contribution in [0.2, 0.25) is 0 Å². The number of hydrogen-bond acceptors (Lipinski definition) is 3. The predicted octanol–water partition coefficient (Wildman–Crippen LogP) is 6.24. The smallest absolute Gasteiger partial charge is 0.294 e. The lowest BCUT2D eigenvalue weighted by atomic mass is 9.76. The molecular formula is C24H22F3NO2S. The van der Waals surface area contributed by atoms with Gasteiger partial charge in [-0.2, -0.15) is 13.2 Å². The van der Waals surface area contributed by atoms with Gasteiger partial charge in [0.05, 0.1) is 5.70 Å². The minimum Gasteiger partial charge on any atom is -0.294 e. The molecule has 0 amide bonds. The molecule has 0 saturated heterocycles. The molecule has 0 saturated carbocycles. The normalized spacial score (nSPS) is 16.8. The van der Waals surface area contributed by atoms with Crippen molar-refractivity contribution >= 4 is 22.3 Å². The first-order valence-electron chi connectivity index (χ1n) is 9.69. The Hall–Kier alpha value is -2.80. The number of ketones is 2. The highest BCUT2D eigenvalue weighted by Crippen LogP contribution is 2.39. The van der Waals surface area contributed by atoms with Gasteiger partial charge in [0.15, 0.2) is 5.78 Å². The van der Waals surface area contributed by atoms with Gasteiger partial charge in [-0.15, -0.1) is 0 Å². The third-order valence-electron chi connectivity index (χ3n) is 4.71. The summed E-state index contributed by atoms with van der Waals surface area (Å²) in [4.78, 5) is 26.0. The van der Waals surface area contributed by atoms with E-state index in [-0.39, 0.29) is 23.2 Å². The van der Waals surface area contributed by atoms with Gasteiger partial charge in [0.2, 0.25) is 0 Å². The van der Waals surface area contributed by atoms with Gasteiger partial charge >= 0.3 is 6.18 Å². The van der Waals surface area contributed by atoms with Gasteiger partial charge in [-0.05, 0) is 58.9 Å². The molecular weight excluding hydrogens is 423 g/mol. The van der Waals surface area contributed by atoms with Crippen LogP contribution in [0.3, 0.4) is 0 Å². The minimum absolute atomic E-state index is 0.0706. The fraction of sp³-hybridized carbons (Fsp3) is 0.250. The molecule has 0 N–H and O–H groups in total. The second kappa shape index (κ2) is 9.14. The van der Waals surface area contributed by atoms with Gasteiger partial charge in [0.1, 0.15) is 0 Å². The fourth-order valence-corrected chi connectivity index (χ4v) is 4.97. The maximum absolute atomic E-state index is 12.8. The van der Waals surface area contributed by atoms with Crippen LogP contribution >= 0.6 is 0 Å². The number of allylic oxidation sites excluding steroid dienone is 4. The molecule has 31 heavy (non-hydrogen) atoms. The average molecular weight is 446 g/mol. The van der Waals surface area contributed by atoms with Crippen LogP contribution in [-0.2, 0) is 20.3 Å².